The van der Waals surface area contributed by atoms with E-state index in [1.165, 1.54) is 11.8 Å². The second-order valence-corrected chi connectivity index (χ2v) is 9.75. The van der Waals surface area contributed by atoms with Gasteiger partial charge < -0.3 is 19.3 Å². The number of anilines is 1. The molecule has 1 aliphatic heterocycles. The van der Waals surface area contributed by atoms with Crippen LogP contribution in [0, 0.1) is 20.8 Å². The maximum absolute atomic E-state index is 13.8. The van der Waals surface area contributed by atoms with Crippen molar-refractivity contribution in [3.63, 3.8) is 0 Å². The van der Waals surface area contributed by atoms with Crippen molar-refractivity contribution < 1.29 is 9.32 Å². The van der Waals surface area contributed by atoms with Gasteiger partial charge in [-0.2, -0.15) is 0 Å². The lowest BCUT2D eigenvalue weighted by atomic mass is 9.99. The lowest BCUT2D eigenvalue weighted by Crippen LogP contribution is -2.35. The number of aromatic nitrogens is 2. The largest absolute Gasteiger partial charge is 0.371 e. The van der Waals surface area contributed by atoms with Gasteiger partial charge in [-0.3, -0.25) is 9.59 Å². The normalized spacial score (nSPS) is 14.0. The minimum absolute atomic E-state index is 0.168. The monoisotopic (exact) mass is 506 g/mol. The molecule has 0 saturated heterocycles. The number of amides is 1. The molecule has 3 heterocycles. The Morgan fingerprint density at radius 3 is 2.52 bits per heavy atom. The van der Waals surface area contributed by atoms with Crippen LogP contribution in [-0.2, 0) is 6.54 Å². The third-order valence-electron chi connectivity index (χ3n) is 5.88. The molecule has 1 aromatic carbocycles. The molecule has 0 atom stereocenters. The van der Waals surface area contributed by atoms with Crippen LogP contribution in [0.2, 0.25) is 10.0 Å². The number of nitrogens with one attached hydrogen (secondary N) is 1. The number of carbonyl (C=O) groups excluding carboxylic acids is 1. The van der Waals surface area contributed by atoms with E-state index in [1.807, 2.05) is 38.1 Å². The summed E-state index contributed by atoms with van der Waals surface area (Å²) in [5.74, 6) is 0.314. The number of nitrogens with zero attached hydrogens (tertiary/aromatic N) is 3. The van der Waals surface area contributed by atoms with Crippen LogP contribution < -0.4 is 10.5 Å². The SMILES string of the molecule is CSc1cc(C)[nH]c(=O)c1CN1CCN(C)c2c(Cl)cc(-c3c(C)noc3C)c(Cl)c2C1=O. The number of aryl methyl sites for hydroxylation is 3. The average molecular weight is 507 g/mol. The minimum Gasteiger partial charge on any atom is -0.371 e. The van der Waals surface area contributed by atoms with Crippen molar-refractivity contribution in [3.05, 3.63) is 60.8 Å². The molecule has 33 heavy (non-hydrogen) atoms. The van der Waals surface area contributed by atoms with Gasteiger partial charge in [0.2, 0.25) is 0 Å². The van der Waals surface area contributed by atoms with Gasteiger partial charge in [-0.05, 0) is 39.2 Å². The van der Waals surface area contributed by atoms with Gasteiger partial charge in [-0.1, -0.05) is 28.4 Å². The van der Waals surface area contributed by atoms with E-state index < -0.39 is 0 Å². The van der Waals surface area contributed by atoms with Crippen LogP contribution in [0.15, 0.2) is 26.3 Å². The third-order valence-corrected chi connectivity index (χ3v) is 7.36. The Balaban J connectivity index is 1.86. The van der Waals surface area contributed by atoms with Crippen LogP contribution in [-0.4, -0.2) is 47.3 Å². The lowest BCUT2D eigenvalue weighted by Gasteiger charge is -2.22. The number of halogens is 2. The summed E-state index contributed by atoms with van der Waals surface area (Å²) in [4.78, 5) is 33.8. The molecule has 3 aromatic rings. The van der Waals surface area contributed by atoms with Crippen LogP contribution in [0.4, 0.5) is 5.69 Å². The van der Waals surface area contributed by atoms with E-state index in [-0.39, 0.29) is 23.0 Å². The lowest BCUT2D eigenvalue weighted by molar-refractivity contribution is 0.0753. The van der Waals surface area contributed by atoms with E-state index in [2.05, 4.69) is 10.1 Å². The number of benzene rings is 1. The highest BCUT2D eigenvalue weighted by molar-refractivity contribution is 7.98. The number of rotatable bonds is 4. The number of H-pyrrole nitrogens is 1. The maximum atomic E-state index is 13.8. The molecule has 4 rings (SSSR count). The van der Waals surface area contributed by atoms with Gasteiger partial charge in [0.15, 0.2) is 0 Å². The molecule has 1 aliphatic rings. The molecule has 7 nitrogen and oxygen atoms in total. The summed E-state index contributed by atoms with van der Waals surface area (Å²) < 4.78 is 5.31. The molecule has 0 spiro atoms. The zero-order valence-electron chi connectivity index (χ0n) is 19.0. The fourth-order valence-electron chi connectivity index (χ4n) is 4.24. The highest BCUT2D eigenvalue weighted by Crippen LogP contribution is 2.44. The predicted molar refractivity (Wildman–Crippen MR) is 133 cm³/mol. The smallest absolute Gasteiger partial charge is 0.257 e. The molecule has 1 N–H and O–H groups in total. The average Bonchev–Trinajstić information content (AvgIpc) is 3.03. The standard InChI is InChI=1S/C23H24Cl2N4O3S/c1-11-8-17(33-5)15(22(30)26-11)10-29-7-6-28(4)21-16(24)9-14(20(25)19(21)23(29)31)18-12(2)27-32-13(18)3/h8-9H,6-7,10H2,1-5H3,(H,26,30). The third kappa shape index (κ3) is 4.16. The highest BCUT2D eigenvalue weighted by atomic mass is 35.5. The second kappa shape index (κ2) is 9.08. The first-order valence-corrected chi connectivity index (χ1v) is 12.3. The van der Waals surface area contributed by atoms with Crippen LogP contribution >= 0.6 is 35.0 Å². The summed E-state index contributed by atoms with van der Waals surface area (Å²) in [6, 6.07) is 3.67. The number of hydrogen-bond acceptors (Lipinski definition) is 6. The van der Waals surface area contributed by atoms with Crippen molar-refractivity contribution in [3.8, 4) is 11.1 Å². The van der Waals surface area contributed by atoms with E-state index in [0.29, 0.717) is 51.9 Å². The quantitative estimate of drug-likeness (QED) is 0.497. The number of hydrogen-bond donors (Lipinski definition) is 1. The minimum atomic E-state index is -0.276. The maximum Gasteiger partial charge on any atom is 0.257 e. The molecule has 0 saturated carbocycles. The number of pyridine rings is 1. The predicted octanol–water partition coefficient (Wildman–Crippen LogP) is 5.08. The van der Waals surface area contributed by atoms with Crippen molar-refractivity contribution in [2.24, 2.45) is 0 Å². The molecule has 10 heteroatoms. The molecule has 0 unspecified atom stereocenters. The van der Waals surface area contributed by atoms with Gasteiger partial charge in [0.1, 0.15) is 5.76 Å². The molecular weight excluding hydrogens is 483 g/mol. The first-order valence-electron chi connectivity index (χ1n) is 10.4. The van der Waals surface area contributed by atoms with Gasteiger partial charge in [0.25, 0.3) is 11.5 Å². The summed E-state index contributed by atoms with van der Waals surface area (Å²) >= 11 is 15.0. The number of carbonyl (C=O) groups is 1. The molecule has 0 radical (unpaired) electrons. The van der Waals surface area contributed by atoms with Gasteiger partial charge >= 0.3 is 0 Å². The van der Waals surface area contributed by atoms with Crippen molar-refractivity contribution in [2.45, 2.75) is 32.2 Å². The second-order valence-electron chi connectivity index (χ2n) is 8.12. The van der Waals surface area contributed by atoms with Crippen LogP contribution in [0.25, 0.3) is 11.1 Å². The first-order chi connectivity index (χ1) is 15.6. The van der Waals surface area contributed by atoms with Crippen molar-refractivity contribution in [2.75, 3.05) is 31.3 Å². The molecule has 1 amide bonds. The van der Waals surface area contributed by atoms with E-state index in [9.17, 15) is 9.59 Å². The van der Waals surface area contributed by atoms with Gasteiger partial charge in [-0.25, -0.2) is 0 Å². The van der Waals surface area contributed by atoms with Gasteiger partial charge in [0.05, 0.1) is 39.1 Å². The van der Waals surface area contributed by atoms with Crippen LogP contribution in [0.3, 0.4) is 0 Å². The molecule has 174 valence electrons. The fourth-order valence-corrected chi connectivity index (χ4v) is 5.60. The van der Waals surface area contributed by atoms with Crippen molar-refractivity contribution in [1.29, 1.82) is 0 Å². The first kappa shape index (κ1) is 23.7. The summed E-state index contributed by atoms with van der Waals surface area (Å²) in [5, 5.41) is 4.72. The van der Waals surface area contributed by atoms with Crippen molar-refractivity contribution in [1.82, 2.24) is 15.0 Å². The van der Waals surface area contributed by atoms with E-state index in [1.54, 1.807) is 17.9 Å². The topological polar surface area (TPSA) is 82.4 Å². The zero-order chi connectivity index (χ0) is 24.0. The molecule has 2 aromatic heterocycles. The number of thioether (sulfide) groups is 1. The molecular formula is C23H24Cl2N4O3S. The van der Waals surface area contributed by atoms with E-state index >= 15 is 0 Å². The highest BCUT2D eigenvalue weighted by Gasteiger charge is 2.33. The van der Waals surface area contributed by atoms with Crippen LogP contribution in [0.1, 0.15) is 33.1 Å². The summed E-state index contributed by atoms with van der Waals surface area (Å²) in [7, 11) is 1.87. The Bertz CT molecular complexity index is 1300. The zero-order valence-corrected chi connectivity index (χ0v) is 21.3. The molecule has 0 bridgehead atoms. The van der Waals surface area contributed by atoms with Gasteiger partial charge in [-0.15, -0.1) is 11.8 Å². The number of likely N-dealkylation sites (N-methyl/N-ethyl adjacent to an activating group) is 1. The Labute approximate surface area is 206 Å². The summed E-state index contributed by atoms with van der Waals surface area (Å²) in [6.07, 6.45) is 1.91. The molecule has 0 aliphatic carbocycles. The Morgan fingerprint density at radius 1 is 1.15 bits per heavy atom. The molecule has 0 fully saturated rings. The van der Waals surface area contributed by atoms with Crippen LogP contribution in [0.5, 0.6) is 0 Å². The van der Waals surface area contributed by atoms with Crippen molar-refractivity contribution >= 4 is 46.6 Å². The Hall–Kier alpha value is -2.42. The number of aromatic amines is 1. The fraction of sp³-hybridized carbons (Fsp3) is 0.348. The van der Waals surface area contributed by atoms with E-state index in [0.717, 1.165) is 16.2 Å². The number of fused-ring (bicyclic) bond motifs is 1. The Morgan fingerprint density at radius 2 is 1.88 bits per heavy atom. The summed E-state index contributed by atoms with van der Waals surface area (Å²) in [5.41, 5.74) is 4.00. The summed E-state index contributed by atoms with van der Waals surface area (Å²) in [6.45, 7) is 6.57. The van der Waals surface area contributed by atoms with Gasteiger partial charge in [0, 0.05) is 41.9 Å². The Kier molecular flexibility index (Phi) is 6.53. The van der Waals surface area contributed by atoms with E-state index in [4.69, 9.17) is 27.7 Å².